The molecule has 1 aromatic carbocycles. The van der Waals surface area contributed by atoms with Crippen LogP contribution in [0, 0.1) is 5.92 Å². The average Bonchev–Trinajstić information content (AvgIpc) is 3.08. The van der Waals surface area contributed by atoms with Crippen molar-refractivity contribution in [2.45, 2.75) is 78.5 Å². The molecular formula is C26H36N4O7. The second-order valence-electron chi connectivity index (χ2n) is 9.29. The van der Waals surface area contributed by atoms with Crippen LogP contribution in [-0.2, 0) is 40.1 Å². The minimum atomic E-state index is -0.841. The first-order valence-corrected chi connectivity index (χ1v) is 12.4. The van der Waals surface area contributed by atoms with E-state index >= 15 is 0 Å². The quantitative estimate of drug-likeness (QED) is 0.205. The van der Waals surface area contributed by atoms with Gasteiger partial charge >= 0.3 is 5.97 Å². The van der Waals surface area contributed by atoms with Gasteiger partial charge in [0.25, 0.3) is 0 Å². The molecule has 1 heterocycles. The summed E-state index contributed by atoms with van der Waals surface area (Å²) in [6.07, 6.45) is 2.31. The van der Waals surface area contributed by atoms with Gasteiger partial charge in [0, 0.05) is 37.9 Å². The van der Waals surface area contributed by atoms with Gasteiger partial charge in [-0.05, 0) is 44.4 Å². The van der Waals surface area contributed by atoms with E-state index in [0.717, 1.165) is 5.56 Å². The zero-order valence-corrected chi connectivity index (χ0v) is 21.8. The molecule has 202 valence electrons. The van der Waals surface area contributed by atoms with E-state index in [1.807, 2.05) is 0 Å². The van der Waals surface area contributed by atoms with Crippen LogP contribution >= 0.6 is 0 Å². The largest absolute Gasteiger partial charge is 0.461 e. The van der Waals surface area contributed by atoms with Gasteiger partial charge in [-0.25, -0.2) is 0 Å². The molecule has 0 aromatic heterocycles. The van der Waals surface area contributed by atoms with Gasteiger partial charge in [0.1, 0.15) is 18.7 Å². The monoisotopic (exact) mass is 516 g/mol. The van der Waals surface area contributed by atoms with Crippen molar-refractivity contribution in [1.29, 1.82) is 0 Å². The number of ether oxygens (including phenoxy) is 1. The number of esters is 1. The fraction of sp³-hybridized carbons (Fsp3) is 0.538. The molecule has 37 heavy (non-hydrogen) atoms. The van der Waals surface area contributed by atoms with E-state index in [1.54, 1.807) is 31.2 Å². The molecule has 3 atom stereocenters. The summed E-state index contributed by atoms with van der Waals surface area (Å²) in [4.78, 5) is 72.9. The highest BCUT2D eigenvalue weighted by Gasteiger charge is 2.34. The Morgan fingerprint density at radius 3 is 2.22 bits per heavy atom. The highest BCUT2D eigenvalue weighted by atomic mass is 16.5. The normalized spacial score (nSPS) is 16.6. The van der Waals surface area contributed by atoms with Gasteiger partial charge < -0.3 is 20.7 Å². The number of hydrogen-bond donors (Lipinski definition) is 3. The van der Waals surface area contributed by atoms with Gasteiger partial charge in [-0.3, -0.25) is 33.7 Å². The number of hydrogen-bond acceptors (Lipinski definition) is 7. The molecule has 1 saturated heterocycles. The van der Waals surface area contributed by atoms with Gasteiger partial charge in [0.15, 0.2) is 0 Å². The molecule has 3 unspecified atom stereocenters. The lowest BCUT2D eigenvalue weighted by atomic mass is 10.1. The molecule has 0 radical (unpaired) electrons. The van der Waals surface area contributed by atoms with Gasteiger partial charge in [-0.2, -0.15) is 0 Å². The number of nitrogens with zero attached hydrogens (tertiary/aromatic N) is 1. The number of carbonyl (C=O) groups excluding carboxylic acids is 6. The molecule has 5 amide bonds. The third-order valence-corrected chi connectivity index (χ3v) is 5.94. The predicted molar refractivity (Wildman–Crippen MR) is 135 cm³/mol. The molecule has 0 spiro atoms. The number of nitrogens with one attached hydrogen (secondary N) is 3. The molecule has 1 aromatic rings. The van der Waals surface area contributed by atoms with E-state index in [1.165, 1.54) is 25.7 Å². The first-order chi connectivity index (χ1) is 17.5. The van der Waals surface area contributed by atoms with Crippen LogP contribution in [0.25, 0.3) is 0 Å². The first-order valence-electron chi connectivity index (χ1n) is 12.4. The van der Waals surface area contributed by atoms with Crippen LogP contribution < -0.4 is 16.0 Å². The van der Waals surface area contributed by atoms with Crippen LogP contribution in [0.1, 0.15) is 65.4 Å². The third-order valence-electron chi connectivity index (χ3n) is 5.94. The van der Waals surface area contributed by atoms with Crippen molar-refractivity contribution in [2.75, 3.05) is 11.9 Å². The van der Waals surface area contributed by atoms with Crippen LogP contribution in [0.3, 0.4) is 0 Å². The van der Waals surface area contributed by atoms with E-state index < -0.39 is 23.9 Å². The SMILES string of the molecule is CC(=O)OCc1ccc(NC(=O)C(C)NC(=O)C(C)NC(=O)CCCCCN2C(=O)CC(C)C2=O)cc1. The summed E-state index contributed by atoms with van der Waals surface area (Å²) in [5, 5.41) is 7.88. The molecule has 1 aliphatic heterocycles. The Labute approximate surface area is 216 Å². The number of amides is 5. The van der Waals surface area contributed by atoms with Crippen molar-refractivity contribution in [1.82, 2.24) is 15.5 Å². The van der Waals surface area contributed by atoms with Crippen molar-refractivity contribution in [3.8, 4) is 0 Å². The molecule has 1 aliphatic rings. The fourth-order valence-electron chi connectivity index (χ4n) is 3.72. The fourth-order valence-corrected chi connectivity index (χ4v) is 3.72. The maximum Gasteiger partial charge on any atom is 0.302 e. The van der Waals surface area contributed by atoms with Crippen molar-refractivity contribution >= 4 is 41.2 Å². The second-order valence-corrected chi connectivity index (χ2v) is 9.29. The van der Waals surface area contributed by atoms with Crippen molar-refractivity contribution in [3.63, 3.8) is 0 Å². The van der Waals surface area contributed by atoms with E-state index in [4.69, 9.17) is 4.74 Å². The van der Waals surface area contributed by atoms with Crippen molar-refractivity contribution < 1.29 is 33.5 Å². The van der Waals surface area contributed by atoms with Gasteiger partial charge in [0.2, 0.25) is 29.5 Å². The Balaban J connectivity index is 1.65. The minimum Gasteiger partial charge on any atom is -0.461 e. The molecule has 0 saturated carbocycles. The van der Waals surface area contributed by atoms with E-state index in [-0.39, 0.29) is 49.1 Å². The number of imide groups is 1. The van der Waals surface area contributed by atoms with E-state index in [2.05, 4.69) is 16.0 Å². The van der Waals surface area contributed by atoms with Gasteiger partial charge in [-0.15, -0.1) is 0 Å². The van der Waals surface area contributed by atoms with Crippen LogP contribution in [0.4, 0.5) is 5.69 Å². The lowest BCUT2D eigenvalue weighted by Crippen LogP contribution is -2.50. The summed E-state index contributed by atoms with van der Waals surface area (Å²) >= 11 is 0. The Morgan fingerprint density at radius 1 is 0.973 bits per heavy atom. The summed E-state index contributed by atoms with van der Waals surface area (Å²) in [6.45, 7) is 6.63. The molecule has 3 N–H and O–H groups in total. The zero-order chi connectivity index (χ0) is 27.5. The maximum absolute atomic E-state index is 12.4. The molecular weight excluding hydrogens is 480 g/mol. The Morgan fingerprint density at radius 2 is 1.62 bits per heavy atom. The smallest absolute Gasteiger partial charge is 0.302 e. The van der Waals surface area contributed by atoms with Crippen molar-refractivity contribution in [2.24, 2.45) is 5.92 Å². The van der Waals surface area contributed by atoms with E-state index in [0.29, 0.717) is 31.5 Å². The van der Waals surface area contributed by atoms with Gasteiger partial charge in [-0.1, -0.05) is 25.5 Å². The number of carbonyl (C=O) groups is 6. The average molecular weight is 517 g/mol. The topological polar surface area (TPSA) is 151 Å². The Kier molecular flexibility index (Phi) is 11.2. The molecule has 0 bridgehead atoms. The lowest BCUT2D eigenvalue weighted by Gasteiger charge is -2.18. The van der Waals surface area contributed by atoms with Gasteiger partial charge in [0.05, 0.1) is 0 Å². The number of unbranched alkanes of at least 4 members (excludes halogenated alkanes) is 2. The summed E-state index contributed by atoms with van der Waals surface area (Å²) in [6, 6.07) is 5.08. The van der Waals surface area contributed by atoms with Crippen LogP contribution in [0.5, 0.6) is 0 Å². The van der Waals surface area contributed by atoms with Crippen LogP contribution in [-0.4, -0.2) is 59.0 Å². The number of rotatable bonds is 13. The predicted octanol–water partition coefficient (Wildman–Crippen LogP) is 1.65. The highest BCUT2D eigenvalue weighted by molar-refractivity contribution is 6.03. The Hall–Kier alpha value is -3.76. The number of benzene rings is 1. The summed E-state index contributed by atoms with van der Waals surface area (Å²) < 4.78 is 4.91. The summed E-state index contributed by atoms with van der Waals surface area (Å²) in [5.41, 5.74) is 1.29. The molecule has 11 nitrogen and oxygen atoms in total. The third kappa shape index (κ3) is 9.66. The standard InChI is InChI=1S/C26H36N4O7/c1-16-14-23(33)30(26(16)36)13-7-5-6-8-22(32)27-17(2)24(34)28-18(3)25(35)29-21-11-9-20(10-12-21)15-37-19(4)31/h9-12,16-18H,5-8,13-15H2,1-4H3,(H,27,32)(H,28,34)(H,29,35). The van der Waals surface area contributed by atoms with E-state index in [9.17, 15) is 28.8 Å². The number of anilines is 1. The highest BCUT2D eigenvalue weighted by Crippen LogP contribution is 2.19. The van der Waals surface area contributed by atoms with Crippen molar-refractivity contribution in [3.05, 3.63) is 29.8 Å². The molecule has 0 aliphatic carbocycles. The van der Waals surface area contributed by atoms with Crippen LogP contribution in [0.2, 0.25) is 0 Å². The Bertz CT molecular complexity index is 1010. The molecule has 11 heteroatoms. The maximum atomic E-state index is 12.4. The second kappa shape index (κ2) is 14.1. The zero-order valence-electron chi connectivity index (χ0n) is 21.8. The first kappa shape index (κ1) is 29.5. The summed E-state index contributed by atoms with van der Waals surface area (Å²) in [5.74, 6) is -2.14. The van der Waals surface area contributed by atoms with Crippen LogP contribution in [0.15, 0.2) is 24.3 Å². The minimum absolute atomic E-state index is 0.138. The number of likely N-dealkylation sites (tertiary alicyclic amines) is 1. The molecule has 1 fully saturated rings. The molecule has 2 rings (SSSR count). The lowest BCUT2D eigenvalue weighted by molar-refractivity contribution is -0.142. The summed E-state index contributed by atoms with van der Waals surface area (Å²) in [7, 11) is 0.